The van der Waals surface area contributed by atoms with E-state index in [1.165, 1.54) is 0 Å². The quantitative estimate of drug-likeness (QED) is 0.717. The van der Waals surface area contributed by atoms with Gasteiger partial charge in [0.05, 0.1) is 13.2 Å². The smallest absolute Gasteiger partial charge is 0.319 e. The lowest BCUT2D eigenvalue weighted by Gasteiger charge is -2.03. The molecule has 0 aliphatic carbocycles. The Morgan fingerprint density at radius 3 is 3.07 bits per heavy atom. The van der Waals surface area contributed by atoms with Gasteiger partial charge in [-0.3, -0.25) is 4.79 Å². The third-order valence-corrected chi connectivity index (χ3v) is 2.58. The molecule has 0 aliphatic heterocycles. The van der Waals surface area contributed by atoms with Gasteiger partial charge in [-0.2, -0.15) is 0 Å². The van der Waals surface area contributed by atoms with Crippen LogP contribution in [0.15, 0.2) is 11.4 Å². The van der Waals surface area contributed by atoms with Crippen molar-refractivity contribution in [3.8, 4) is 0 Å². The number of nitrogens with two attached hydrogens (primary N) is 1. The average Bonchev–Trinajstić information content (AvgIpc) is 2.52. The predicted octanol–water partition coefficient (Wildman–Crippen LogP) is 0.983. The van der Waals surface area contributed by atoms with Crippen LogP contribution < -0.4 is 11.1 Å². The molecule has 0 saturated heterocycles. The molecule has 78 valence electrons. The van der Waals surface area contributed by atoms with Gasteiger partial charge in [0.2, 0.25) is 0 Å². The second-order valence-electron chi connectivity index (χ2n) is 2.71. The number of thiophene rings is 1. The minimum Gasteiger partial charge on any atom is -0.465 e. The zero-order valence-electron chi connectivity index (χ0n) is 8.08. The summed E-state index contributed by atoms with van der Waals surface area (Å²) < 4.78 is 4.76. The summed E-state index contributed by atoms with van der Waals surface area (Å²) in [6, 6.07) is 1.85. The van der Waals surface area contributed by atoms with Crippen LogP contribution in [-0.2, 0) is 16.1 Å². The third kappa shape index (κ3) is 3.35. The molecule has 0 fully saturated rings. The molecule has 0 saturated carbocycles. The number of nitrogen functional groups attached to an aromatic ring is 1. The summed E-state index contributed by atoms with van der Waals surface area (Å²) in [4.78, 5) is 12.0. The van der Waals surface area contributed by atoms with E-state index in [0.29, 0.717) is 13.2 Å². The monoisotopic (exact) mass is 214 g/mol. The number of anilines is 1. The Labute approximate surface area is 87.1 Å². The Kier molecular flexibility index (Phi) is 4.42. The fourth-order valence-electron chi connectivity index (χ4n) is 0.984. The van der Waals surface area contributed by atoms with E-state index >= 15 is 0 Å². The van der Waals surface area contributed by atoms with Gasteiger partial charge in [0, 0.05) is 17.1 Å². The van der Waals surface area contributed by atoms with Crippen LogP contribution in [0.1, 0.15) is 11.8 Å². The lowest BCUT2D eigenvalue weighted by atomic mass is 10.4. The average molecular weight is 214 g/mol. The molecule has 0 aliphatic rings. The topological polar surface area (TPSA) is 64.3 Å². The van der Waals surface area contributed by atoms with Crippen LogP contribution in [0.4, 0.5) is 5.69 Å². The molecule has 0 atom stereocenters. The van der Waals surface area contributed by atoms with E-state index < -0.39 is 0 Å². The summed E-state index contributed by atoms with van der Waals surface area (Å²) in [6.07, 6.45) is 0. The first-order valence-electron chi connectivity index (χ1n) is 4.42. The summed E-state index contributed by atoms with van der Waals surface area (Å²) in [6.45, 7) is 3.05. The summed E-state index contributed by atoms with van der Waals surface area (Å²) >= 11 is 1.57. The minimum absolute atomic E-state index is 0.227. The van der Waals surface area contributed by atoms with E-state index in [0.717, 1.165) is 10.6 Å². The molecule has 14 heavy (non-hydrogen) atoms. The van der Waals surface area contributed by atoms with Crippen LogP contribution in [0.25, 0.3) is 0 Å². The molecule has 0 bridgehead atoms. The maximum atomic E-state index is 10.9. The fourth-order valence-corrected chi connectivity index (χ4v) is 1.75. The van der Waals surface area contributed by atoms with Gasteiger partial charge in [-0.25, -0.2) is 0 Å². The summed E-state index contributed by atoms with van der Waals surface area (Å²) in [5.74, 6) is -0.234. The first-order chi connectivity index (χ1) is 6.74. The summed E-state index contributed by atoms with van der Waals surface area (Å²) in [5.41, 5.74) is 6.44. The van der Waals surface area contributed by atoms with Gasteiger partial charge in [-0.05, 0) is 18.4 Å². The zero-order valence-corrected chi connectivity index (χ0v) is 8.89. The number of hydrogen-bond acceptors (Lipinski definition) is 5. The number of carbonyl (C=O) groups is 1. The maximum absolute atomic E-state index is 10.9. The molecule has 0 aromatic carbocycles. The standard InChI is InChI=1S/C9H14N2O2S/c1-2-13-9(12)6-11-5-8-7(10)3-4-14-8/h3-4,11H,2,5-6,10H2,1H3. The molecule has 5 heteroatoms. The number of ether oxygens (including phenoxy) is 1. The Bertz CT molecular complexity index is 299. The van der Waals surface area contributed by atoms with Gasteiger partial charge in [0.25, 0.3) is 0 Å². The van der Waals surface area contributed by atoms with E-state index in [1.807, 2.05) is 11.4 Å². The lowest BCUT2D eigenvalue weighted by molar-refractivity contribution is -0.142. The number of carbonyl (C=O) groups excluding carboxylic acids is 1. The minimum atomic E-state index is -0.234. The highest BCUT2D eigenvalue weighted by Crippen LogP contribution is 2.17. The second kappa shape index (κ2) is 5.62. The largest absolute Gasteiger partial charge is 0.465 e. The highest BCUT2D eigenvalue weighted by molar-refractivity contribution is 7.10. The van der Waals surface area contributed by atoms with Crippen molar-refractivity contribution in [3.63, 3.8) is 0 Å². The molecule has 4 nitrogen and oxygen atoms in total. The SMILES string of the molecule is CCOC(=O)CNCc1sccc1N. The molecule has 1 aromatic rings. The van der Waals surface area contributed by atoms with E-state index in [1.54, 1.807) is 18.3 Å². The lowest BCUT2D eigenvalue weighted by Crippen LogP contribution is -2.24. The van der Waals surface area contributed by atoms with Gasteiger partial charge < -0.3 is 15.8 Å². The summed E-state index contributed by atoms with van der Waals surface area (Å²) in [7, 11) is 0. The third-order valence-electron chi connectivity index (χ3n) is 1.64. The van der Waals surface area contributed by atoms with Gasteiger partial charge in [-0.15, -0.1) is 11.3 Å². The normalized spacial score (nSPS) is 10.1. The molecular formula is C9H14N2O2S. The molecule has 1 rings (SSSR count). The molecule has 0 radical (unpaired) electrons. The number of esters is 1. The molecule has 1 heterocycles. The second-order valence-corrected chi connectivity index (χ2v) is 3.71. The zero-order chi connectivity index (χ0) is 10.4. The van der Waals surface area contributed by atoms with Crippen molar-refractivity contribution in [1.29, 1.82) is 0 Å². The van der Waals surface area contributed by atoms with Crippen molar-refractivity contribution in [2.45, 2.75) is 13.5 Å². The Balaban J connectivity index is 2.22. The van der Waals surface area contributed by atoms with Crippen LogP contribution in [0, 0.1) is 0 Å². The van der Waals surface area contributed by atoms with Gasteiger partial charge in [0.1, 0.15) is 0 Å². The van der Waals surface area contributed by atoms with Crippen LogP contribution in [0.3, 0.4) is 0 Å². The number of hydrogen-bond donors (Lipinski definition) is 2. The van der Waals surface area contributed by atoms with Crippen LogP contribution in [0.2, 0.25) is 0 Å². The summed E-state index contributed by atoms with van der Waals surface area (Å²) in [5, 5.41) is 4.90. The van der Waals surface area contributed by atoms with Crippen molar-refractivity contribution >= 4 is 23.0 Å². The Hall–Kier alpha value is -1.07. The van der Waals surface area contributed by atoms with Crippen LogP contribution in [-0.4, -0.2) is 19.1 Å². The molecule has 0 amide bonds. The number of nitrogens with one attached hydrogen (secondary N) is 1. The van der Waals surface area contributed by atoms with Crippen molar-refractivity contribution in [3.05, 3.63) is 16.3 Å². The van der Waals surface area contributed by atoms with E-state index in [2.05, 4.69) is 5.32 Å². The van der Waals surface area contributed by atoms with E-state index in [4.69, 9.17) is 10.5 Å². The maximum Gasteiger partial charge on any atom is 0.319 e. The Morgan fingerprint density at radius 2 is 2.50 bits per heavy atom. The molecule has 3 N–H and O–H groups in total. The van der Waals surface area contributed by atoms with Crippen LogP contribution >= 0.6 is 11.3 Å². The van der Waals surface area contributed by atoms with E-state index in [-0.39, 0.29) is 12.5 Å². The first-order valence-corrected chi connectivity index (χ1v) is 5.30. The number of rotatable bonds is 5. The fraction of sp³-hybridized carbons (Fsp3) is 0.444. The molecule has 0 spiro atoms. The van der Waals surface area contributed by atoms with Crippen LogP contribution in [0.5, 0.6) is 0 Å². The highest BCUT2D eigenvalue weighted by atomic mass is 32.1. The van der Waals surface area contributed by atoms with Gasteiger partial charge >= 0.3 is 5.97 Å². The molecule has 1 aromatic heterocycles. The van der Waals surface area contributed by atoms with Crippen molar-refractivity contribution in [2.24, 2.45) is 0 Å². The predicted molar refractivity (Wildman–Crippen MR) is 57.1 cm³/mol. The molecular weight excluding hydrogens is 200 g/mol. The molecule has 0 unspecified atom stereocenters. The van der Waals surface area contributed by atoms with Gasteiger partial charge in [-0.1, -0.05) is 0 Å². The highest BCUT2D eigenvalue weighted by Gasteiger charge is 2.03. The van der Waals surface area contributed by atoms with Crippen molar-refractivity contribution < 1.29 is 9.53 Å². The first kappa shape index (κ1) is 11.0. The van der Waals surface area contributed by atoms with Crippen molar-refractivity contribution in [2.75, 3.05) is 18.9 Å². The van der Waals surface area contributed by atoms with Gasteiger partial charge in [0.15, 0.2) is 0 Å². The van der Waals surface area contributed by atoms with Crippen molar-refractivity contribution in [1.82, 2.24) is 5.32 Å². The van der Waals surface area contributed by atoms with E-state index in [9.17, 15) is 4.79 Å². The Morgan fingerprint density at radius 1 is 1.71 bits per heavy atom.